The average Bonchev–Trinajstić information content (AvgIpc) is 2.67. The van der Waals surface area contributed by atoms with Gasteiger partial charge in [0.05, 0.1) is 0 Å². The molecule has 0 aliphatic carbocycles. The van der Waals surface area contributed by atoms with Gasteiger partial charge in [-0.25, -0.2) is 0 Å². The van der Waals surface area contributed by atoms with E-state index in [1.54, 1.807) is 6.07 Å². The lowest BCUT2D eigenvalue weighted by atomic mass is 10.1. The number of aryl methyl sites for hydroxylation is 2. The highest BCUT2D eigenvalue weighted by Gasteiger charge is 2.07. The number of rotatable bonds is 7. The monoisotopic (exact) mass is 361 g/mol. The molecule has 4 nitrogen and oxygen atoms in total. The first-order valence-corrected chi connectivity index (χ1v) is 8.87. The largest absolute Gasteiger partial charge is 0.489 e. The van der Waals surface area contributed by atoms with Gasteiger partial charge in [-0.1, -0.05) is 54.1 Å². The van der Waals surface area contributed by atoms with Gasteiger partial charge in [-0.3, -0.25) is 4.79 Å². The van der Waals surface area contributed by atoms with Crippen LogP contribution in [0.25, 0.3) is 0 Å². The smallest absolute Gasteiger partial charge is 0.262 e. The summed E-state index contributed by atoms with van der Waals surface area (Å²) in [6, 6.07) is 23.2. The van der Waals surface area contributed by atoms with Crippen molar-refractivity contribution in [2.24, 2.45) is 0 Å². The second-order valence-electron chi connectivity index (χ2n) is 6.41. The molecule has 0 saturated heterocycles. The Morgan fingerprint density at radius 3 is 2.48 bits per heavy atom. The molecule has 0 fully saturated rings. The number of ether oxygens (including phenoxy) is 2. The summed E-state index contributed by atoms with van der Waals surface area (Å²) < 4.78 is 11.4. The molecule has 0 atom stereocenters. The third-order valence-corrected chi connectivity index (χ3v) is 4.06. The summed E-state index contributed by atoms with van der Waals surface area (Å²) in [5.74, 6) is 1.21. The van der Waals surface area contributed by atoms with Crippen LogP contribution in [0, 0.1) is 13.8 Å². The first-order valence-electron chi connectivity index (χ1n) is 8.87. The van der Waals surface area contributed by atoms with Crippen LogP contribution < -0.4 is 14.8 Å². The number of benzene rings is 3. The van der Waals surface area contributed by atoms with Gasteiger partial charge in [0.1, 0.15) is 18.1 Å². The summed E-state index contributed by atoms with van der Waals surface area (Å²) in [5.41, 5.74) is 3.94. The molecule has 0 radical (unpaired) electrons. The number of nitrogens with one attached hydrogen (secondary N) is 1. The van der Waals surface area contributed by atoms with Gasteiger partial charge in [0.25, 0.3) is 5.91 Å². The van der Waals surface area contributed by atoms with Crippen LogP contribution in [0.2, 0.25) is 0 Å². The summed E-state index contributed by atoms with van der Waals surface area (Å²) in [6.45, 7) is 4.43. The van der Waals surface area contributed by atoms with Gasteiger partial charge in [0, 0.05) is 11.8 Å². The fourth-order valence-electron chi connectivity index (χ4n) is 2.71. The minimum absolute atomic E-state index is 0.0427. The van der Waals surface area contributed by atoms with Crippen LogP contribution >= 0.6 is 0 Å². The maximum atomic E-state index is 12.2. The van der Waals surface area contributed by atoms with Crippen molar-refractivity contribution in [1.82, 2.24) is 0 Å². The third-order valence-electron chi connectivity index (χ3n) is 4.06. The molecule has 3 aromatic rings. The molecule has 0 aliphatic heterocycles. The Balaban J connectivity index is 1.53. The molecule has 1 N–H and O–H groups in total. The highest BCUT2D eigenvalue weighted by molar-refractivity contribution is 5.92. The highest BCUT2D eigenvalue weighted by Crippen LogP contribution is 2.20. The summed E-state index contributed by atoms with van der Waals surface area (Å²) in [5, 5.41) is 2.84. The van der Waals surface area contributed by atoms with Crippen molar-refractivity contribution < 1.29 is 14.3 Å². The molecule has 0 aliphatic rings. The maximum Gasteiger partial charge on any atom is 0.262 e. The van der Waals surface area contributed by atoms with E-state index in [9.17, 15) is 4.79 Å². The minimum Gasteiger partial charge on any atom is -0.489 e. The summed E-state index contributed by atoms with van der Waals surface area (Å²) in [7, 11) is 0. The van der Waals surface area contributed by atoms with Crippen molar-refractivity contribution in [3.8, 4) is 11.5 Å². The lowest BCUT2D eigenvalue weighted by Crippen LogP contribution is -2.20. The molecular weight excluding hydrogens is 338 g/mol. The highest BCUT2D eigenvalue weighted by atomic mass is 16.5. The van der Waals surface area contributed by atoms with Gasteiger partial charge in [-0.15, -0.1) is 0 Å². The quantitative estimate of drug-likeness (QED) is 0.651. The fraction of sp³-hybridized carbons (Fsp3) is 0.174. The summed E-state index contributed by atoms with van der Waals surface area (Å²) in [4.78, 5) is 12.2. The SMILES string of the molecule is Cc1ccc(OCC(=O)Nc2cccc(OCc3ccccc3)c2)c(C)c1. The Morgan fingerprint density at radius 1 is 0.889 bits per heavy atom. The molecule has 0 saturated carbocycles. The molecule has 27 heavy (non-hydrogen) atoms. The Kier molecular flexibility index (Phi) is 6.10. The van der Waals surface area contributed by atoms with Crippen molar-refractivity contribution in [3.05, 3.63) is 89.5 Å². The molecule has 3 rings (SSSR count). The van der Waals surface area contributed by atoms with Crippen LogP contribution in [-0.2, 0) is 11.4 Å². The molecule has 4 heteroatoms. The van der Waals surface area contributed by atoms with Gasteiger partial charge < -0.3 is 14.8 Å². The van der Waals surface area contributed by atoms with Crippen LogP contribution in [-0.4, -0.2) is 12.5 Å². The first kappa shape index (κ1) is 18.5. The van der Waals surface area contributed by atoms with Crippen molar-refractivity contribution in [3.63, 3.8) is 0 Å². The average molecular weight is 361 g/mol. The Morgan fingerprint density at radius 2 is 1.70 bits per heavy atom. The fourth-order valence-corrected chi connectivity index (χ4v) is 2.71. The number of hydrogen-bond acceptors (Lipinski definition) is 3. The van der Waals surface area contributed by atoms with E-state index in [0.29, 0.717) is 18.0 Å². The lowest BCUT2D eigenvalue weighted by molar-refractivity contribution is -0.118. The van der Waals surface area contributed by atoms with E-state index in [-0.39, 0.29) is 12.5 Å². The zero-order valence-corrected chi connectivity index (χ0v) is 15.6. The molecule has 0 unspecified atom stereocenters. The van der Waals surface area contributed by atoms with Crippen molar-refractivity contribution in [2.75, 3.05) is 11.9 Å². The number of carbonyl (C=O) groups is 1. The Bertz CT molecular complexity index is 907. The van der Waals surface area contributed by atoms with Crippen LogP contribution in [0.15, 0.2) is 72.8 Å². The minimum atomic E-state index is -0.213. The van der Waals surface area contributed by atoms with Gasteiger partial charge in [0.15, 0.2) is 6.61 Å². The van der Waals surface area contributed by atoms with Crippen molar-refractivity contribution >= 4 is 11.6 Å². The molecule has 0 bridgehead atoms. The predicted molar refractivity (Wildman–Crippen MR) is 107 cm³/mol. The van der Waals surface area contributed by atoms with Gasteiger partial charge >= 0.3 is 0 Å². The number of carbonyl (C=O) groups excluding carboxylic acids is 1. The van der Waals surface area contributed by atoms with Crippen molar-refractivity contribution in [1.29, 1.82) is 0 Å². The zero-order valence-electron chi connectivity index (χ0n) is 15.6. The molecular formula is C23H23NO3. The maximum absolute atomic E-state index is 12.2. The first-order chi connectivity index (χ1) is 13.1. The molecule has 0 aromatic heterocycles. The van der Waals surface area contributed by atoms with Gasteiger partial charge in [0.2, 0.25) is 0 Å². The van der Waals surface area contributed by atoms with E-state index >= 15 is 0 Å². The summed E-state index contributed by atoms with van der Waals surface area (Å²) >= 11 is 0. The Labute approximate surface area is 159 Å². The Hall–Kier alpha value is -3.27. The van der Waals surface area contributed by atoms with E-state index in [1.165, 1.54) is 0 Å². The van der Waals surface area contributed by atoms with Crippen molar-refractivity contribution in [2.45, 2.75) is 20.5 Å². The summed E-state index contributed by atoms with van der Waals surface area (Å²) in [6.07, 6.45) is 0. The van der Waals surface area contributed by atoms with E-state index < -0.39 is 0 Å². The predicted octanol–water partition coefficient (Wildman–Crippen LogP) is 4.90. The van der Waals surface area contributed by atoms with E-state index in [4.69, 9.17) is 9.47 Å². The van der Waals surface area contributed by atoms with E-state index in [2.05, 4.69) is 5.32 Å². The van der Waals surface area contributed by atoms with Crippen LogP contribution in [0.3, 0.4) is 0 Å². The number of anilines is 1. The van der Waals surface area contributed by atoms with Crippen LogP contribution in [0.1, 0.15) is 16.7 Å². The van der Waals surface area contributed by atoms with Gasteiger partial charge in [-0.05, 0) is 43.2 Å². The van der Waals surface area contributed by atoms with E-state index in [0.717, 1.165) is 22.4 Å². The number of hydrogen-bond donors (Lipinski definition) is 1. The zero-order chi connectivity index (χ0) is 19.1. The lowest BCUT2D eigenvalue weighted by Gasteiger charge is -2.11. The normalized spacial score (nSPS) is 10.3. The number of amides is 1. The second kappa shape index (κ2) is 8.90. The molecule has 138 valence electrons. The molecule has 0 heterocycles. The molecule has 0 spiro atoms. The molecule has 1 amide bonds. The standard InChI is InChI=1S/C23H23NO3/c1-17-11-12-22(18(2)13-17)27-16-23(25)24-20-9-6-10-21(14-20)26-15-19-7-4-3-5-8-19/h3-14H,15-16H2,1-2H3,(H,24,25). The van der Waals surface area contributed by atoms with E-state index in [1.807, 2.05) is 80.6 Å². The third kappa shape index (κ3) is 5.61. The van der Waals surface area contributed by atoms with Crippen LogP contribution in [0.4, 0.5) is 5.69 Å². The van der Waals surface area contributed by atoms with Crippen LogP contribution in [0.5, 0.6) is 11.5 Å². The second-order valence-corrected chi connectivity index (χ2v) is 6.41. The molecule has 3 aromatic carbocycles. The van der Waals surface area contributed by atoms with Gasteiger partial charge in [-0.2, -0.15) is 0 Å². The topological polar surface area (TPSA) is 47.6 Å².